The minimum atomic E-state index is 0.475. The SMILES string of the molecule is c1ccc(-c2nnc(CSc3nnc(-c4ccco4)n3-c3ccccc3)o2)cc1. The van der Waals surface area contributed by atoms with Crippen LogP contribution in [0.15, 0.2) is 93.1 Å². The number of nitrogens with zero attached hydrogens (tertiary/aromatic N) is 5. The molecule has 3 heterocycles. The monoisotopic (exact) mass is 401 g/mol. The fourth-order valence-corrected chi connectivity index (χ4v) is 3.66. The summed E-state index contributed by atoms with van der Waals surface area (Å²) in [5.74, 6) is 2.79. The number of rotatable bonds is 6. The molecule has 0 saturated carbocycles. The first-order chi connectivity index (χ1) is 14.4. The van der Waals surface area contributed by atoms with Gasteiger partial charge < -0.3 is 8.83 Å². The average molecular weight is 401 g/mol. The van der Waals surface area contributed by atoms with Crippen LogP contribution >= 0.6 is 11.8 Å². The molecule has 0 aliphatic heterocycles. The van der Waals surface area contributed by atoms with E-state index in [-0.39, 0.29) is 0 Å². The molecule has 0 radical (unpaired) electrons. The minimum absolute atomic E-state index is 0.475. The van der Waals surface area contributed by atoms with Crippen LogP contribution in [0.3, 0.4) is 0 Å². The normalized spacial score (nSPS) is 11.0. The number of thioether (sulfide) groups is 1. The van der Waals surface area contributed by atoms with Gasteiger partial charge >= 0.3 is 0 Å². The molecule has 0 saturated heterocycles. The summed E-state index contributed by atoms with van der Waals surface area (Å²) < 4.78 is 13.3. The molecule has 5 aromatic rings. The number of para-hydroxylation sites is 1. The van der Waals surface area contributed by atoms with Crippen LogP contribution in [0.25, 0.3) is 28.7 Å². The van der Waals surface area contributed by atoms with Crippen LogP contribution in [-0.2, 0) is 5.75 Å². The maximum absolute atomic E-state index is 5.80. The van der Waals surface area contributed by atoms with Crippen LogP contribution in [0.2, 0.25) is 0 Å². The molecule has 0 aliphatic carbocycles. The Morgan fingerprint density at radius 2 is 1.59 bits per heavy atom. The topological polar surface area (TPSA) is 82.8 Å². The first kappa shape index (κ1) is 17.4. The van der Waals surface area contributed by atoms with E-state index >= 15 is 0 Å². The Bertz CT molecular complexity index is 1200. The molecule has 2 aromatic carbocycles. The summed E-state index contributed by atoms with van der Waals surface area (Å²) in [4.78, 5) is 0. The summed E-state index contributed by atoms with van der Waals surface area (Å²) in [5.41, 5.74) is 1.84. The van der Waals surface area contributed by atoms with Crippen molar-refractivity contribution in [1.29, 1.82) is 0 Å². The zero-order valence-corrected chi connectivity index (χ0v) is 16.0. The van der Waals surface area contributed by atoms with Gasteiger partial charge in [-0.25, -0.2) is 0 Å². The van der Waals surface area contributed by atoms with Crippen molar-refractivity contribution >= 4 is 11.8 Å². The Morgan fingerprint density at radius 1 is 0.793 bits per heavy atom. The number of hydrogen-bond donors (Lipinski definition) is 0. The lowest BCUT2D eigenvalue weighted by Gasteiger charge is -2.08. The lowest BCUT2D eigenvalue weighted by atomic mass is 10.2. The van der Waals surface area contributed by atoms with E-state index in [1.54, 1.807) is 6.26 Å². The highest BCUT2D eigenvalue weighted by molar-refractivity contribution is 7.98. The lowest BCUT2D eigenvalue weighted by Crippen LogP contribution is -1.99. The Morgan fingerprint density at radius 3 is 2.34 bits per heavy atom. The van der Waals surface area contributed by atoms with Crippen molar-refractivity contribution in [3.63, 3.8) is 0 Å². The second-order valence-corrected chi connectivity index (χ2v) is 7.05. The van der Waals surface area contributed by atoms with Gasteiger partial charge in [0, 0.05) is 11.3 Å². The van der Waals surface area contributed by atoms with Gasteiger partial charge in [0.15, 0.2) is 10.9 Å². The molecule has 0 fully saturated rings. The summed E-state index contributed by atoms with van der Waals surface area (Å²) in [6.45, 7) is 0. The van der Waals surface area contributed by atoms with Crippen LogP contribution in [0.4, 0.5) is 0 Å². The van der Waals surface area contributed by atoms with Crippen LogP contribution in [0, 0.1) is 0 Å². The predicted octanol–water partition coefficient (Wildman–Crippen LogP) is 4.87. The van der Waals surface area contributed by atoms with Gasteiger partial charge in [-0.15, -0.1) is 20.4 Å². The molecular weight excluding hydrogens is 386 g/mol. The van der Waals surface area contributed by atoms with E-state index in [2.05, 4.69) is 20.4 Å². The smallest absolute Gasteiger partial charge is 0.247 e. The number of hydrogen-bond acceptors (Lipinski definition) is 7. The fraction of sp³-hybridized carbons (Fsp3) is 0.0476. The maximum atomic E-state index is 5.80. The first-order valence-corrected chi connectivity index (χ1v) is 9.92. The number of furan rings is 1. The van der Waals surface area contributed by atoms with Gasteiger partial charge in [0.05, 0.1) is 12.0 Å². The standard InChI is InChI=1S/C21H15N5O2S/c1-3-8-15(9-4-1)20-24-22-18(28-20)14-29-21-25-23-19(17-12-7-13-27-17)26(21)16-10-5-2-6-11-16/h1-13H,14H2. The van der Waals surface area contributed by atoms with Crippen molar-refractivity contribution in [2.45, 2.75) is 10.9 Å². The summed E-state index contributed by atoms with van der Waals surface area (Å²) in [7, 11) is 0. The maximum Gasteiger partial charge on any atom is 0.247 e. The number of aromatic nitrogens is 5. The molecule has 0 N–H and O–H groups in total. The minimum Gasteiger partial charge on any atom is -0.461 e. The molecule has 0 bridgehead atoms. The molecule has 0 aliphatic rings. The highest BCUT2D eigenvalue weighted by Crippen LogP contribution is 2.30. The van der Waals surface area contributed by atoms with E-state index < -0.39 is 0 Å². The Balaban J connectivity index is 1.43. The molecule has 142 valence electrons. The van der Waals surface area contributed by atoms with E-state index in [9.17, 15) is 0 Å². The quantitative estimate of drug-likeness (QED) is 0.375. The second-order valence-electron chi connectivity index (χ2n) is 6.11. The molecule has 0 unspecified atom stereocenters. The third-order valence-corrected chi connectivity index (χ3v) is 5.12. The summed E-state index contributed by atoms with van der Waals surface area (Å²) >= 11 is 1.47. The van der Waals surface area contributed by atoms with Gasteiger partial charge in [0.1, 0.15) is 0 Å². The molecule has 8 heteroatoms. The zero-order chi connectivity index (χ0) is 19.5. The van der Waals surface area contributed by atoms with Crippen molar-refractivity contribution in [3.05, 3.63) is 85.0 Å². The van der Waals surface area contributed by atoms with E-state index in [0.29, 0.717) is 34.3 Å². The van der Waals surface area contributed by atoms with Gasteiger partial charge in [-0.05, 0) is 36.4 Å². The molecule has 0 amide bonds. The van der Waals surface area contributed by atoms with Gasteiger partial charge in [-0.3, -0.25) is 4.57 Å². The van der Waals surface area contributed by atoms with Gasteiger partial charge in [0.2, 0.25) is 17.6 Å². The molecule has 7 nitrogen and oxygen atoms in total. The summed E-state index contributed by atoms with van der Waals surface area (Å²) in [5, 5.41) is 17.7. The van der Waals surface area contributed by atoms with Crippen LogP contribution in [0.5, 0.6) is 0 Å². The number of benzene rings is 2. The third-order valence-electron chi connectivity index (χ3n) is 4.20. The Kier molecular flexibility index (Phi) is 4.67. The molecule has 0 atom stereocenters. The van der Waals surface area contributed by atoms with Crippen molar-refractivity contribution in [3.8, 4) is 28.7 Å². The van der Waals surface area contributed by atoms with Crippen LogP contribution < -0.4 is 0 Å². The van der Waals surface area contributed by atoms with Crippen LogP contribution in [-0.4, -0.2) is 25.0 Å². The first-order valence-electron chi connectivity index (χ1n) is 8.94. The molecule has 29 heavy (non-hydrogen) atoms. The predicted molar refractivity (Wildman–Crippen MR) is 108 cm³/mol. The van der Waals surface area contributed by atoms with Crippen LogP contribution in [0.1, 0.15) is 5.89 Å². The van der Waals surface area contributed by atoms with E-state index in [4.69, 9.17) is 8.83 Å². The lowest BCUT2D eigenvalue weighted by molar-refractivity contribution is 0.528. The largest absolute Gasteiger partial charge is 0.461 e. The molecule has 0 spiro atoms. The summed E-state index contributed by atoms with van der Waals surface area (Å²) in [6.07, 6.45) is 1.62. The van der Waals surface area contributed by atoms with E-state index in [1.807, 2.05) is 77.4 Å². The Labute approximate surface area is 170 Å². The fourth-order valence-electron chi connectivity index (χ4n) is 2.87. The molecule has 3 aromatic heterocycles. The zero-order valence-electron chi connectivity index (χ0n) is 15.2. The van der Waals surface area contributed by atoms with Gasteiger partial charge in [-0.2, -0.15) is 0 Å². The van der Waals surface area contributed by atoms with Gasteiger partial charge in [-0.1, -0.05) is 48.2 Å². The van der Waals surface area contributed by atoms with Gasteiger partial charge in [0.25, 0.3) is 0 Å². The van der Waals surface area contributed by atoms with Crippen molar-refractivity contribution in [1.82, 2.24) is 25.0 Å². The second kappa shape index (κ2) is 7.76. The van der Waals surface area contributed by atoms with Crippen molar-refractivity contribution in [2.24, 2.45) is 0 Å². The van der Waals surface area contributed by atoms with E-state index in [1.165, 1.54) is 11.8 Å². The van der Waals surface area contributed by atoms with Crippen molar-refractivity contribution < 1.29 is 8.83 Å². The summed E-state index contributed by atoms with van der Waals surface area (Å²) in [6, 6.07) is 23.3. The highest BCUT2D eigenvalue weighted by atomic mass is 32.2. The molecular formula is C21H15N5O2S. The third kappa shape index (κ3) is 3.57. The van der Waals surface area contributed by atoms with E-state index in [0.717, 1.165) is 11.3 Å². The highest BCUT2D eigenvalue weighted by Gasteiger charge is 2.19. The molecule has 5 rings (SSSR count). The average Bonchev–Trinajstić information content (AvgIpc) is 3.54. The van der Waals surface area contributed by atoms with Crippen molar-refractivity contribution in [2.75, 3.05) is 0 Å². The Hall–Kier alpha value is -3.65.